The number of carbonyl (C=O) groups is 4. The number of nitrogens with two attached hydrogens (primary N) is 1. The molecular formula is C33H44N6O5. The molecule has 3 rings (SSSR count). The minimum atomic E-state index is -1.32. The van der Waals surface area contributed by atoms with Gasteiger partial charge in [-0.15, -0.1) is 0 Å². The number of hydrogen-bond acceptors (Lipinski definition) is 6. The van der Waals surface area contributed by atoms with E-state index in [1.165, 1.54) is 11.0 Å². The standard InChI is InChI=1S/C33H44N6O5/c1-5-6-18-39(32(44)38-33(2,3)4)21-28(40)26(19-22-12-8-7-9-13-22)36-31(43)27(20-29(34)41)37-30(42)25-17-16-23-14-10-11-15-24(23)35-25/h7-17,26-28,40H,5-6,18-21H2,1-4H3,(H2,34,41)(H,36,43)(H,37,42)(H,38,44). The Morgan fingerprint density at radius 2 is 1.64 bits per heavy atom. The number of para-hydroxylation sites is 1. The number of hydrogen-bond donors (Lipinski definition) is 5. The maximum atomic E-state index is 13.6. The Labute approximate surface area is 258 Å². The van der Waals surface area contributed by atoms with Crippen LogP contribution in [0.5, 0.6) is 0 Å². The van der Waals surface area contributed by atoms with Gasteiger partial charge in [-0.3, -0.25) is 14.4 Å². The molecule has 0 fully saturated rings. The lowest BCUT2D eigenvalue weighted by Crippen LogP contribution is -2.57. The Morgan fingerprint density at radius 1 is 0.955 bits per heavy atom. The molecule has 3 atom stereocenters. The van der Waals surface area contributed by atoms with E-state index in [0.29, 0.717) is 12.1 Å². The number of carbonyl (C=O) groups excluding carboxylic acids is 4. The molecule has 1 aromatic heterocycles. The first-order chi connectivity index (χ1) is 20.9. The molecule has 0 radical (unpaired) electrons. The third kappa shape index (κ3) is 10.6. The molecule has 1 heterocycles. The zero-order valence-corrected chi connectivity index (χ0v) is 25.9. The SMILES string of the molecule is CCCCN(CC(O)C(Cc1ccccc1)NC(=O)C(CC(N)=O)NC(=O)c1ccc2ccccc2n1)C(=O)NC(C)(C)C. The summed E-state index contributed by atoms with van der Waals surface area (Å²) in [5.74, 6) is -2.14. The number of benzene rings is 2. The number of unbranched alkanes of at least 4 members (excludes halogenated alkanes) is 1. The van der Waals surface area contributed by atoms with Gasteiger partial charge in [0.05, 0.1) is 30.6 Å². The molecule has 236 valence electrons. The summed E-state index contributed by atoms with van der Waals surface area (Å²) in [7, 11) is 0. The van der Waals surface area contributed by atoms with Crippen LogP contribution in [0.25, 0.3) is 10.9 Å². The van der Waals surface area contributed by atoms with Crippen LogP contribution in [0.2, 0.25) is 0 Å². The molecule has 0 spiro atoms. The number of pyridine rings is 1. The smallest absolute Gasteiger partial charge is 0.317 e. The monoisotopic (exact) mass is 604 g/mol. The molecule has 5 amide bonds. The molecule has 0 aliphatic rings. The van der Waals surface area contributed by atoms with Gasteiger partial charge in [0, 0.05) is 17.5 Å². The van der Waals surface area contributed by atoms with Gasteiger partial charge in [0.15, 0.2) is 0 Å². The molecule has 0 bridgehead atoms. The fraction of sp³-hybridized carbons (Fsp3) is 0.424. The predicted octanol–water partition coefficient (Wildman–Crippen LogP) is 2.91. The first-order valence-electron chi connectivity index (χ1n) is 14.9. The number of nitrogens with zero attached hydrogens (tertiary/aromatic N) is 2. The third-order valence-corrected chi connectivity index (χ3v) is 6.91. The number of urea groups is 1. The summed E-state index contributed by atoms with van der Waals surface area (Å²) in [5, 5.41) is 20.6. The Morgan fingerprint density at radius 3 is 2.30 bits per heavy atom. The van der Waals surface area contributed by atoms with Gasteiger partial charge in [-0.05, 0) is 51.3 Å². The zero-order chi connectivity index (χ0) is 32.3. The largest absolute Gasteiger partial charge is 0.389 e. The van der Waals surface area contributed by atoms with Crippen LogP contribution in [0.3, 0.4) is 0 Å². The van der Waals surface area contributed by atoms with Crippen molar-refractivity contribution in [3.05, 3.63) is 78.0 Å². The number of amides is 5. The fourth-order valence-electron chi connectivity index (χ4n) is 4.65. The van der Waals surface area contributed by atoms with Gasteiger partial charge in [0.2, 0.25) is 11.8 Å². The van der Waals surface area contributed by atoms with Crippen LogP contribution >= 0.6 is 0 Å². The number of nitrogens with one attached hydrogen (secondary N) is 3. The summed E-state index contributed by atoms with van der Waals surface area (Å²) in [4.78, 5) is 57.6. The highest BCUT2D eigenvalue weighted by Crippen LogP contribution is 2.13. The Kier molecular flexibility index (Phi) is 12.2. The third-order valence-electron chi connectivity index (χ3n) is 6.91. The van der Waals surface area contributed by atoms with Gasteiger partial charge < -0.3 is 31.7 Å². The van der Waals surface area contributed by atoms with Crippen LogP contribution in [0.4, 0.5) is 4.79 Å². The normalized spacial score (nSPS) is 13.4. The second kappa shape index (κ2) is 15.8. The Hall–Kier alpha value is -4.51. The van der Waals surface area contributed by atoms with Gasteiger partial charge in [-0.1, -0.05) is 67.9 Å². The molecule has 3 unspecified atom stereocenters. The number of aliphatic hydroxyl groups is 1. The van der Waals surface area contributed by atoms with Crippen molar-refractivity contribution in [2.45, 2.75) is 77.1 Å². The molecule has 0 saturated heterocycles. The van der Waals surface area contributed by atoms with Crippen LogP contribution in [0.15, 0.2) is 66.7 Å². The van der Waals surface area contributed by atoms with Crippen LogP contribution in [-0.4, -0.2) is 75.6 Å². The first kappa shape index (κ1) is 34.0. The summed E-state index contributed by atoms with van der Waals surface area (Å²) in [6.45, 7) is 8.00. The maximum absolute atomic E-state index is 13.6. The van der Waals surface area contributed by atoms with Crippen molar-refractivity contribution < 1.29 is 24.3 Å². The van der Waals surface area contributed by atoms with Crippen molar-refractivity contribution in [1.82, 2.24) is 25.8 Å². The van der Waals surface area contributed by atoms with E-state index in [4.69, 9.17) is 5.73 Å². The van der Waals surface area contributed by atoms with Gasteiger partial charge in [0.1, 0.15) is 11.7 Å². The van der Waals surface area contributed by atoms with E-state index in [1.807, 2.05) is 70.2 Å². The summed E-state index contributed by atoms with van der Waals surface area (Å²) in [6.07, 6.45) is 0.180. The van der Waals surface area contributed by atoms with E-state index in [2.05, 4.69) is 20.9 Å². The summed E-state index contributed by atoms with van der Waals surface area (Å²) in [5.41, 5.74) is 6.48. The predicted molar refractivity (Wildman–Crippen MR) is 170 cm³/mol. The minimum Gasteiger partial charge on any atom is -0.389 e. The van der Waals surface area contributed by atoms with Crippen molar-refractivity contribution in [3.8, 4) is 0 Å². The van der Waals surface area contributed by atoms with Crippen LogP contribution in [-0.2, 0) is 16.0 Å². The van der Waals surface area contributed by atoms with Crippen molar-refractivity contribution in [3.63, 3.8) is 0 Å². The van der Waals surface area contributed by atoms with Gasteiger partial charge in [-0.2, -0.15) is 0 Å². The van der Waals surface area contributed by atoms with Crippen molar-refractivity contribution >= 4 is 34.7 Å². The molecule has 6 N–H and O–H groups in total. The van der Waals surface area contributed by atoms with E-state index in [0.717, 1.165) is 23.8 Å². The average molecular weight is 605 g/mol. The molecule has 0 saturated carbocycles. The number of aromatic nitrogens is 1. The van der Waals surface area contributed by atoms with Crippen molar-refractivity contribution in [2.24, 2.45) is 5.73 Å². The highest BCUT2D eigenvalue weighted by atomic mass is 16.3. The quantitative estimate of drug-likeness (QED) is 0.190. The number of rotatable bonds is 14. The van der Waals surface area contributed by atoms with Crippen molar-refractivity contribution in [2.75, 3.05) is 13.1 Å². The highest BCUT2D eigenvalue weighted by molar-refractivity contribution is 5.99. The van der Waals surface area contributed by atoms with Crippen molar-refractivity contribution in [1.29, 1.82) is 0 Å². The van der Waals surface area contributed by atoms with Gasteiger partial charge in [0.25, 0.3) is 5.91 Å². The molecule has 44 heavy (non-hydrogen) atoms. The fourth-order valence-corrected chi connectivity index (χ4v) is 4.65. The van der Waals surface area contributed by atoms with Gasteiger partial charge >= 0.3 is 6.03 Å². The summed E-state index contributed by atoms with van der Waals surface area (Å²) >= 11 is 0. The molecule has 0 aliphatic carbocycles. The number of primary amides is 1. The van der Waals surface area contributed by atoms with Crippen LogP contribution < -0.4 is 21.7 Å². The molecule has 0 aliphatic heterocycles. The maximum Gasteiger partial charge on any atom is 0.317 e. The van der Waals surface area contributed by atoms with E-state index in [1.54, 1.807) is 18.2 Å². The first-order valence-corrected chi connectivity index (χ1v) is 14.9. The van der Waals surface area contributed by atoms with Crippen LogP contribution in [0, 0.1) is 0 Å². The minimum absolute atomic E-state index is 0.0481. The van der Waals surface area contributed by atoms with Crippen LogP contribution in [0.1, 0.15) is 63.0 Å². The van der Waals surface area contributed by atoms with E-state index >= 15 is 0 Å². The Bertz CT molecular complexity index is 1420. The van der Waals surface area contributed by atoms with E-state index in [9.17, 15) is 24.3 Å². The molecular weight excluding hydrogens is 560 g/mol. The lowest BCUT2D eigenvalue weighted by molar-refractivity contribution is -0.128. The topological polar surface area (TPSA) is 167 Å². The van der Waals surface area contributed by atoms with E-state index in [-0.39, 0.29) is 24.7 Å². The molecule has 2 aromatic carbocycles. The molecule has 11 heteroatoms. The average Bonchev–Trinajstić information content (AvgIpc) is 2.97. The lowest BCUT2D eigenvalue weighted by Gasteiger charge is -2.33. The zero-order valence-electron chi connectivity index (χ0n) is 25.9. The number of aliphatic hydroxyl groups excluding tert-OH is 1. The second-order valence-corrected chi connectivity index (χ2v) is 11.9. The lowest BCUT2D eigenvalue weighted by atomic mass is 9.99. The second-order valence-electron chi connectivity index (χ2n) is 11.9. The van der Waals surface area contributed by atoms with E-state index < -0.39 is 47.9 Å². The number of fused-ring (bicyclic) bond motifs is 1. The molecule has 3 aromatic rings. The summed E-state index contributed by atoms with van der Waals surface area (Å²) in [6, 6.07) is 17.3. The Balaban J connectivity index is 1.82. The van der Waals surface area contributed by atoms with Gasteiger partial charge in [-0.25, -0.2) is 9.78 Å². The highest BCUT2D eigenvalue weighted by Gasteiger charge is 2.31. The molecule has 11 nitrogen and oxygen atoms in total. The summed E-state index contributed by atoms with van der Waals surface area (Å²) < 4.78 is 0.